The third kappa shape index (κ3) is 5.21. The zero-order chi connectivity index (χ0) is 32.7. The molecule has 0 N–H and O–H groups in total. The molecule has 236 valence electrons. The van der Waals surface area contributed by atoms with E-state index in [2.05, 4.69) is 20.9 Å². The molecule has 1 amide bonds. The number of benzene rings is 3. The van der Waals surface area contributed by atoms with Gasteiger partial charge < -0.3 is 23.8 Å². The van der Waals surface area contributed by atoms with Crippen molar-refractivity contribution in [2.45, 2.75) is 26.4 Å². The summed E-state index contributed by atoms with van der Waals surface area (Å²) < 4.78 is 24.6. The lowest BCUT2D eigenvalue weighted by atomic mass is 9.95. The molecule has 3 aromatic carbocycles. The minimum absolute atomic E-state index is 0.129. The molecule has 4 aromatic rings. The van der Waals surface area contributed by atoms with E-state index in [4.69, 9.17) is 18.9 Å². The highest BCUT2D eigenvalue weighted by atomic mass is 79.9. The molecule has 1 aromatic heterocycles. The van der Waals surface area contributed by atoms with Crippen molar-refractivity contribution in [2.75, 3.05) is 32.8 Å². The molecule has 1 atom stereocenters. The smallest absolute Gasteiger partial charge is 0.338 e. The minimum atomic E-state index is -0.961. The maximum atomic E-state index is 14.6. The van der Waals surface area contributed by atoms with Gasteiger partial charge in [-0.05, 0) is 55.3 Å². The molecule has 0 aliphatic carbocycles. The summed E-state index contributed by atoms with van der Waals surface area (Å²) in [6.07, 6.45) is 0. The molecular formula is C34H30BrN3O7S. The highest BCUT2D eigenvalue weighted by molar-refractivity contribution is 9.10. The second kappa shape index (κ2) is 12.6. The van der Waals surface area contributed by atoms with Crippen molar-refractivity contribution in [2.24, 2.45) is 4.99 Å². The number of fused-ring (bicyclic) bond motifs is 2. The van der Waals surface area contributed by atoms with Crippen LogP contribution in [0.15, 0.2) is 86.2 Å². The van der Waals surface area contributed by atoms with Gasteiger partial charge in [0.05, 0.1) is 63.1 Å². The molecule has 0 bridgehead atoms. The van der Waals surface area contributed by atoms with Crippen LogP contribution in [0.5, 0.6) is 17.2 Å². The topological polar surface area (TPSA) is 109 Å². The Morgan fingerprint density at radius 3 is 2.30 bits per heavy atom. The second-order valence-electron chi connectivity index (χ2n) is 10.5. The number of hydrogen-bond acceptors (Lipinski definition) is 9. The summed E-state index contributed by atoms with van der Waals surface area (Å²) in [5.41, 5.74) is 3.17. The van der Waals surface area contributed by atoms with E-state index in [1.54, 1.807) is 30.9 Å². The highest BCUT2D eigenvalue weighted by Gasteiger charge is 2.38. The van der Waals surface area contributed by atoms with Crippen LogP contribution in [0.25, 0.3) is 5.57 Å². The number of esters is 1. The third-order valence-electron chi connectivity index (χ3n) is 7.88. The van der Waals surface area contributed by atoms with E-state index >= 15 is 0 Å². The molecule has 2 aliphatic heterocycles. The summed E-state index contributed by atoms with van der Waals surface area (Å²) in [4.78, 5) is 49.0. The number of amides is 1. The second-order valence-corrected chi connectivity index (χ2v) is 12.4. The first-order valence-corrected chi connectivity index (χ1v) is 16.0. The molecule has 0 saturated heterocycles. The predicted octanol–water partition coefficient (Wildman–Crippen LogP) is 4.50. The zero-order valence-corrected chi connectivity index (χ0v) is 28.2. The highest BCUT2D eigenvalue weighted by Crippen LogP contribution is 2.43. The van der Waals surface area contributed by atoms with E-state index in [1.807, 2.05) is 48.5 Å². The van der Waals surface area contributed by atoms with Crippen LogP contribution in [0.4, 0.5) is 5.69 Å². The van der Waals surface area contributed by atoms with Crippen molar-refractivity contribution in [1.29, 1.82) is 0 Å². The van der Waals surface area contributed by atoms with Crippen molar-refractivity contribution in [1.82, 2.24) is 4.57 Å². The van der Waals surface area contributed by atoms with E-state index in [0.717, 1.165) is 21.4 Å². The van der Waals surface area contributed by atoms with Gasteiger partial charge in [0.25, 0.3) is 11.5 Å². The number of anilines is 1. The molecule has 6 rings (SSSR count). The number of methoxy groups -OCH3 is 3. The van der Waals surface area contributed by atoms with Crippen molar-refractivity contribution in [3.05, 3.63) is 113 Å². The zero-order valence-electron chi connectivity index (χ0n) is 25.8. The molecule has 10 nitrogen and oxygen atoms in total. The van der Waals surface area contributed by atoms with Crippen LogP contribution in [0.2, 0.25) is 0 Å². The molecule has 12 heteroatoms. The number of halogens is 1. The Morgan fingerprint density at radius 1 is 0.978 bits per heavy atom. The first-order valence-electron chi connectivity index (χ1n) is 14.4. The number of nitrogens with zero attached hydrogens (tertiary/aromatic N) is 3. The molecule has 0 fully saturated rings. The van der Waals surface area contributed by atoms with E-state index in [1.165, 1.54) is 25.9 Å². The van der Waals surface area contributed by atoms with Gasteiger partial charge in [-0.3, -0.25) is 14.2 Å². The Labute approximate surface area is 276 Å². The number of carbonyl (C=O) groups excluding carboxylic acids is 2. The van der Waals surface area contributed by atoms with Crippen LogP contribution < -0.4 is 34.0 Å². The number of ether oxygens (including phenoxy) is 4. The van der Waals surface area contributed by atoms with Gasteiger partial charge in [0, 0.05) is 10.0 Å². The molecule has 3 heterocycles. The molecule has 46 heavy (non-hydrogen) atoms. The summed E-state index contributed by atoms with van der Waals surface area (Å²) >= 11 is 4.65. The Morgan fingerprint density at radius 2 is 1.67 bits per heavy atom. The van der Waals surface area contributed by atoms with Gasteiger partial charge in [-0.25, -0.2) is 9.79 Å². The van der Waals surface area contributed by atoms with Crippen LogP contribution in [0.1, 0.15) is 36.6 Å². The van der Waals surface area contributed by atoms with Gasteiger partial charge in [0.1, 0.15) is 4.53 Å². The fraction of sp³-hybridized carbons (Fsp3) is 0.235. The van der Waals surface area contributed by atoms with Gasteiger partial charge in [0.15, 0.2) is 16.3 Å². The Bertz CT molecular complexity index is 2080. The fourth-order valence-electron chi connectivity index (χ4n) is 5.86. The standard InChI is InChI=1S/C34H30BrN3O7S/c1-6-45-33(41)26-18(2)36-34-38(28(26)20-14-24(42-3)29(44-5)25(15-20)43-4)32(40)30(46-34)27-22-16-21(35)12-13-23(22)37(31(27)39)17-19-10-8-7-9-11-19/h7-16,28H,6,17H2,1-5H3/b30-27-/t28-/m0/s1. The Balaban J connectivity index is 1.63. The number of rotatable bonds is 8. The van der Waals surface area contributed by atoms with Crippen LogP contribution in [-0.2, 0) is 20.9 Å². The third-order valence-corrected chi connectivity index (χ3v) is 9.43. The summed E-state index contributed by atoms with van der Waals surface area (Å²) in [7, 11) is 4.47. The SMILES string of the molecule is CCOC(=O)C1=C(C)N=c2s/c(=C3\C(=O)N(Cc4ccccc4)c4ccc(Br)cc43)c(=O)n2[C@H]1c1cc(OC)c(OC)c(OC)c1. The summed E-state index contributed by atoms with van der Waals surface area (Å²) in [5.74, 6) is 0.148. The van der Waals surface area contributed by atoms with Crippen LogP contribution in [-0.4, -0.2) is 44.4 Å². The number of aromatic nitrogens is 1. The molecule has 2 aliphatic rings. The maximum absolute atomic E-state index is 14.6. The number of carbonyl (C=O) groups is 2. The first-order chi connectivity index (χ1) is 22.2. The molecule has 0 saturated carbocycles. The molecule has 0 radical (unpaired) electrons. The number of thiazole rings is 1. The lowest BCUT2D eigenvalue weighted by Crippen LogP contribution is -2.41. The van der Waals surface area contributed by atoms with Crippen LogP contribution >= 0.6 is 27.3 Å². The Hall–Kier alpha value is -4.68. The van der Waals surface area contributed by atoms with Crippen LogP contribution in [0, 0.1) is 0 Å². The molecule has 0 spiro atoms. The van der Waals surface area contributed by atoms with Gasteiger partial charge in [-0.2, -0.15) is 0 Å². The quantitative estimate of drug-likeness (QED) is 0.249. The van der Waals surface area contributed by atoms with Gasteiger partial charge in [0.2, 0.25) is 5.75 Å². The number of allylic oxidation sites excluding steroid dienone is 1. The lowest BCUT2D eigenvalue weighted by molar-refractivity contribution is -0.139. The van der Waals surface area contributed by atoms with E-state index in [9.17, 15) is 14.4 Å². The van der Waals surface area contributed by atoms with Crippen molar-refractivity contribution in [3.63, 3.8) is 0 Å². The molecule has 0 unspecified atom stereocenters. The monoisotopic (exact) mass is 703 g/mol. The van der Waals surface area contributed by atoms with Crippen molar-refractivity contribution in [3.8, 4) is 17.2 Å². The number of hydrogen-bond donors (Lipinski definition) is 0. The van der Waals surface area contributed by atoms with E-state index in [0.29, 0.717) is 51.1 Å². The predicted molar refractivity (Wildman–Crippen MR) is 177 cm³/mol. The maximum Gasteiger partial charge on any atom is 0.338 e. The summed E-state index contributed by atoms with van der Waals surface area (Å²) in [5, 5.41) is 0. The van der Waals surface area contributed by atoms with Crippen molar-refractivity contribution >= 4 is 50.4 Å². The molecular weight excluding hydrogens is 674 g/mol. The van der Waals surface area contributed by atoms with Gasteiger partial charge in [-0.15, -0.1) is 0 Å². The van der Waals surface area contributed by atoms with Crippen molar-refractivity contribution < 1.29 is 28.5 Å². The van der Waals surface area contributed by atoms with E-state index in [-0.39, 0.29) is 28.2 Å². The van der Waals surface area contributed by atoms with Gasteiger partial charge >= 0.3 is 5.97 Å². The van der Waals surface area contributed by atoms with E-state index < -0.39 is 17.6 Å². The van der Waals surface area contributed by atoms with Crippen LogP contribution in [0.3, 0.4) is 0 Å². The lowest BCUT2D eigenvalue weighted by Gasteiger charge is -2.26. The largest absolute Gasteiger partial charge is 0.493 e. The average molecular weight is 705 g/mol. The minimum Gasteiger partial charge on any atom is -0.493 e. The average Bonchev–Trinajstić information content (AvgIpc) is 3.51. The first kappa shape index (κ1) is 31.3. The fourth-order valence-corrected chi connectivity index (χ4v) is 7.36. The van der Waals surface area contributed by atoms with Gasteiger partial charge in [-0.1, -0.05) is 57.6 Å². The summed E-state index contributed by atoms with van der Waals surface area (Å²) in [6.45, 7) is 3.87. The Kier molecular flexibility index (Phi) is 8.58. The normalized spacial score (nSPS) is 16.5. The summed E-state index contributed by atoms with van der Waals surface area (Å²) in [6, 6.07) is 17.7.